The maximum absolute atomic E-state index is 12.0. The largest absolute Gasteiger partial charge is 0.490 e. The van der Waals surface area contributed by atoms with Crippen molar-refractivity contribution in [2.75, 3.05) is 13.2 Å². The molecule has 4 nitrogen and oxygen atoms in total. The van der Waals surface area contributed by atoms with Crippen LogP contribution in [0.3, 0.4) is 0 Å². The van der Waals surface area contributed by atoms with Crippen molar-refractivity contribution in [2.45, 2.75) is 25.3 Å². The molecule has 23 heavy (non-hydrogen) atoms. The first-order valence-electron chi connectivity index (χ1n) is 6.32. The third-order valence-electron chi connectivity index (χ3n) is 2.73. The molecule has 1 aliphatic rings. The van der Waals surface area contributed by atoms with Crippen molar-refractivity contribution in [1.29, 1.82) is 0 Å². The Morgan fingerprint density at radius 1 is 1.22 bits per heavy atom. The fourth-order valence-corrected chi connectivity index (χ4v) is 1.79. The van der Waals surface area contributed by atoms with Crippen LogP contribution in [0.4, 0.5) is 26.3 Å². The smallest absolute Gasteiger partial charge is 0.484 e. The van der Waals surface area contributed by atoms with Crippen molar-refractivity contribution in [3.8, 4) is 5.75 Å². The van der Waals surface area contributed by atoms with Crippen LogP contribution in [0.25, 0.3) is 0 Å². The van der Waals surface area contributed by atoms with Crippen molar-refractivity contribution < 1.29 is 41.0 Å². The molecule has 0 saturated heterocycles. The lowest BCUT2D eigenvalue weighted by atomic mass is 10.0. The second-order valence-corrected chi connectivity index (χ2v) is 4.53. The minimum atomic E-state index is -5.08. The molecule has 0 amide bonds. The van der Waals surface area contributed by atoms with E-state index in [1.54, 1.807) is 12.1 Å². The van der Waals surface area contributed by atoms with Crippen LogP contribution in [0.1, 0.15) is 11.1 Å². The van der Waals surface area contributed by atoms with Crippen molar-refractivity contribution in [3.05, 3.63) is 29.3 Å². The van der Waals surface area contributed by atoms with Crippen molar-refractivity contribution in [2.24, 2.45) is 0 Å². The average Bonchev–Trinajstić information content (AvgIpc) is 2.44. The predicted molar refractivity (Wildman–Crippen MR) is 67.1 cm³/mol. The first kappa shape index (κ1) is 19.1. The van der Waals surface area contributed by atoms with Crippen LogP contribution in [-0.2, 0) is 17.8 Å². The second-order valence-electron chi connectivity index (χ2n) is 4.53. The summed E-state index contributed by atoms with van der Waals surface area (Å²) in [6.45, 7) is 0.245. The fraction of sp³-hybridized carbons (Fsp3) is 0.462. The molecule has 0 unspecified atom stereocenters. The lowest BCUT2D eigenvalue weighted by Gasteiger charge is -2.20. The van der Waals surface area contributed by atoms with Gasteiger partial charge in [-0.15, -0.1) is 0 Å². The van der Waals surface area contributed by atoms with Gasteiger partial charge in [-0.1, -0.05) is 12.1 Å². The van der Waals surface area contributed by atoms with E-state index in [0.717, 1.165) is 17.7 Å². The van der Waals surface area contributed by atoms with E-state index in [1.807, 2.05) is 6.07 Å². The Hall–Kier alpha value is -1.97. The summed E-state index contributed by atoms with van der Waals surface area (Å²) >= 11 is 0. The van der Waals surface area contributed by atoms with E-state index in [1.165, 1.54) is 0 Å². The van der Waals surface area contributed by atoms with Crippen LogP contribution in [0.2, 0.25) is 0 Å². The predicted octanol–water partition coefficient (Wildman–Crippen LogP) is 2.91. The minimum absolute atomic E-state index is 0.358. The Kier molecular flexibility index (Phi) is 6.25. The van der Waals surface area contributed by atoms with Gasteiger partial charge in [0.25, 0.3) is 0 Å². The number of rotatable bonds is 2. The summed E-state index contributed by atoms with van der Waals surface area (Å²) in [6.07, 6.45) is -8.65. The molecule has 1 aliphatic heterocycles. The summed E-state index contributed by atoms with van der Waals surface area (Å²) in [7, 11) is 0. The van der Waals surface area contributed by atoms with Gasteiger partial charge >= 0.3 is 18.3 Å². The number of halogens is 6. The number of carboxylic acids is 1. The highest BCUT2D eigenvalue weighted by Crippen LogP contribution is 2.27. The van der Waals surface area contributed by atoms with Crippen molar-refractivity contribution >= 4 is 5.97 Å². The number of benzene rings is 1. The van der Waals surface area contributed by atoms with E-state index < -0.39 is 24.9 Å². The Morgan fingerprint density at radius 3 is 2.35 bits per heavy atom. The van der Waals surface area contributed by atoms with Crippen LogP contribution in [0.5, 0.6) is 5.75 Å². The molecule has 130 valence electrons. The Labute approximate surface area is 127 Å². The van der Waals surface area contributed by atoms with Gasteiger partial charge in [0.1, 0.15) is 5.75 Å². The second kappa shape index (κ2) is 7.53. The number of hydrogen-bond acceptors (Lipinski definition) is 3. The van der Waals surface area contributed by atoms with Crippen LogP contribution in [0.15, 0.2) is 18.2 Å². The molecule has 2 N–H and O–H groups in total. The highest BCUT2D eigenvalue weighted by Gasteiger charge is 2.38. The van der Waals surface area contributed by atoms with Gasteiger partial charge in [-0.2, -0.15) is 26.3 Å². The van der Waals surface area contributed by atoms with Crippen LogP contribution >= 0.6 is 0 Å². The molecule has 2 rings (SSSR count). The number of ether oxygens (including phenoxy) is 1. The Balaban J connectivity index is 0.000000322. The van der Waals surface area contributed by atoms with Crippen LogP contribution < -0.4 is 10.1 Å². The Morgan fingerprint density at radius 2 is 1.83 bits per heavy atom. The third kappa shape index (κ3) is 6.76. The van der Waals surface area contributed by atoms with Gasteiger partial charge in [0.2, 0.25) is 0 Å². The highest BCUT2D eigenvalue weighted by atomic mass is 19.4. The zero-order valence-electron chi connectivity index (χ0n) is 11.6. The summed E-state index contributed by atoms with van der Waals surface area (Å²) in [4.78, 5) is 8.90. The van der Waals surface area contributed by atoms with Gasteiger partial charge in [0.05, 0.1) is 0 Å². The molecule has 1 aromatic rings. The molecule has 0 bridgehead atoms. The number of alkyl halides is 6. The fourth-order valence-electron chi connectivity index (χ4n) is 1.79. The van der Waals surface area contributed by atoms with Crippen LogP contribution in [0, 0.1) is 0 Å². The number of aliphatic carboxylic acids is 1. The normalized spacial score (nSPS) is 14.3. The zero-order valence-corrected chi connectivity index (χ0v) is 11.6. The molecule has 0 atom stereocenters. The molecule has 0 aromatic heterocycles. The molecule has 0 radical (unpaired) electrons. The van der Waals surface area contributed by atoms with Crippen molar-refractivity contribution in [3.63, 3.8) is 0 Å². The molecule has 0 aliphatic carbocycles. The SMILES string of the molecule is FC(F)(F)COc1cccc2c1CCNC2.O=C(O)C(F)(F)F. The molecule has 1 heterocycles. The van der Waals surface area contributed by atoms with E-state index in [0.29, 0.717) is 18.7 Å². The molecule has 0 fully saturated rings. The van der Waals surface area contributed by atoms with Crippen LogP contribution in [-0.4, -0.2) is 36.6 Å². The summed E-state index contributed by atoms with van der Waals surface area (Å²) in [5.41, 5.74) is 1.91. The first-order chi connectivity index (χ1) is 10.5. The standard InChI is InChI=1S/C11H12F3NO.C2HF3O2/c12-11(13,14)7-16-10-3-1-2-8-6-15-5-4-9(8)10;3-2(4,5)1(6)7/h1-3,15H,4-7H2;(H,6,7). The average molecular weight is 345 g/mol. The van der Waals surface area contributed by atoms with Gasteiger partial charge < -0.3 is 15.2 Å². The molecule has 1 aromatic carbocycles. The van der Waals surface area contributed by atoms with E-state index in [2.05, 4.69) is 5.32 Å². The lowest BCUT2D eigenvalue weighted by Crippen LogP contribution is -2.25. The van der Waals surface area contributed by atoms with Gasteiger partial charge in [-0.3, -0.25) is 0 Å². The quantitative estimate of drug-likeness (QED) is 0.810. The zero-order chi connectivity index (χ0) is 17.7. The number of hydrogen-bond donors (Lipinski definition) is 2. The van der Waals surface area contributed by atoms with E-state index in [-0.39, 0.29) is 0 Å². The van der Waals surface area contributed by atoms with E-state index in [9.17, 15) is 26.3 Å². The van der Waals surface area contributed by atoms with Gasteiger partial charge in [-0.25, -0.2) is 4.79 Å². The first-order valence-corrected chi connectivity index (χ1v) is 6.32. The Bertz CT molecular complexity index is 541. The highest BCUT2D eigenvalue weighted by molar-refractivity contribution is 5.73. The molecule has 10 heteroatoms. The van der Waals surface area contributed by atoms with Gasteiger partial charge in [0, 0.05) is 6.54 Å². The molecular weight excluding hydrogens is 332 g/mol. The lowest BCUT2D eigenvalue weighted by molar-refractivity contribution is -0.192. The van der Waals surface area contributed by atoms with Crippen molar-refractivity contribution in [1.82, 2.24) is 5.32 Å². The summed E-state index contributed by atoms with van der Waals surface area (Å²) in [5.74, 6) is -2.40. The van der Waals surface area contributed by atoms with Gasteiger partial charge in [-0.05, 0) is 30.2 Å². The molecular formula is C13H13F6NO3. The number of fused-ring (bicyclic) bond motifs is 1. The maximum Gasteiger partial charge on any atom is 0.490 e. The van der Waals surface area contributed by atoms with Gasteiger partial charge in [0.15, 0.2) is 6.61 Å². The monoisotopic (exact) mass is 345 g/mol. The number of carbonyl (C=O) groups is 1. The minimum Gasteiger partial charge on any atom is -0.484 e. The molecule has 0 spiro atoms. The van der Waals surface area contributed by atoms with E-state index in [4.69, 9.17) is 14.6 Å². The number of carboxylic acid groups (broad SMARTS) is 1. The summed E-state index contributed by atoms with van der Waals surface area (Å²) in [5, 5.41) is 10.3. The maximum atomic E-state index is 12.0. The topological polar surface area (TPSA) is 58.6 Å². The summed E-state index contributed by atoms with van der Waals surface area (Å²) < 4.78 is 72.7. The third-order valence-corrected chi connectivity index (χ3v) is 2.73. The van der Waals surface area contributed by atoms with E-state index >= 15 is 0 Å². The molecule has 0 saturated carbocycles. The summed E-state index contributed by atoms with van der Waals surface area (Å²) in [6, 6.07) is 5.22. The number of nitrogens with one attached hydrogen (secondary N) is 1.